The molecule has 0 atom stereocenters. The number of piperidine rings is 1. The van der Waals surface area contributed by atoms with Gasteiger partial charge in [-0.3, -0.25) is 9.79 Å². The molecule has 2 N–H and O–H groups in total. The number of hydrogen-bond donors (Lipinski definition) is 2. The summed E-state index contributed by atoms with van der Waals surface area (Å²) in [7, 11) is 1.43. The Bertz CT molecular complexity index is 364. The molecule has 0 aromatic heterocycles. The van der Waals surface area contributed by atoms with E-state index in [0.717, 1.165) is 57.8 Å². The first-order valence-corrected chi connectivity index (χ1v) is 8.92. The summed E-state index contributed by atoms with van der Waals surface area (Å²) in [5.74, 6) is 0.754. The van der Waals surface area contributed by atoms with Crippen LogP contribution >= 0.6 is 0 Å². The lowest BCUT2D eigenvalue weighted by Gasteiger charge is -2.35. The number of ether oxygens (including phenoxy) is 1. The lowest BCUT2D eigenvalue weighted by atomic mass is 10.0. The van der Waals surface area contributed by atoms with Crippen molar-refractivity contribution in [1.82, 2.24) is 15.5 Å². The third kappa shape index (κ3) is 8.21. The van der Waals surface area contributed by atoms with Crippen LogP contribution in [-0.4, -0.2) is 62.2 Å². The van der Waals surface area contributed by atoms with Gasteiger partial charge in [0, 0.05) is 44.7 Å². The van der Waals surface area contributed by atoms with Gasteiger partial charge in [-0.1, -0.05) is 0 Å². The third-order valence-electron chi connectivity index (χ3n) is 4.23. The molecule has 1 aliphatic rings. The second-order valence-corrected chi connectivity index (χ2v) is 6.34. The van der Waals surface area contributed by atoms with Crippen LogP contribution in [0.1, 0.15) is 52.9 Å². The molecule has 0 amide bonds. The molecule has 0 aliphatic carbocycles. The van der Waals surface area contributed by atoms with E-state index in [1.54, 1.807) is 0 Å². The number of esters is 1. The van der Waals surface area contributed by atoms with E-state index in [1.165, 1.54) is 7.11 Å². The normalized spacial score (nSPS) is 17.3. The van der Waals surface area contributed by atoms with Gasteiger partial charge in [0.1, 0.15) is 0 Å². The van der Waals surface area contributed by atoms with E-state index in [4.69, 9.17) is 0 Å². The molecular formula is C17H34N4O2. The molecule has 0 aromatic carbocycles. The zero-order chi connectivity index (χ0) is 17.1. The molecule has 1 aliphatic heterocycles. The fourth-order valence-electron chi connectivity index (χ4n) is 2.75. The lowest BCUT2D eigenvalue weighted by Crippen LogP contribution is -2.49. The molecule has 1 fully saturated rings. The molecule has 0 aromatic rings. The molecule has 0 saturated carbocycles. The number of nitrogens with zero attached hydrogens (tertiary/aromatic N) is 2. The fourth-order valence-corrected chi connectivity index (χ4v) is 2.75. The Morgan fingerprint density at radius 3 is 2.57 bits per heavy atom. The van der Waals surface area contributed by atoms with E-state index >= 15 is 0 Å². The number of nitrogens with one attached hydrogen (secondary N) is 2. The zero-order valence-electron chi connectivity index (χ0n) is 15.2. The number of guanidine groups is 1. The predicted molar refractivity (Wildman–Crippen MR) is 94.7 cm³/mol. The quantitative estimate of drug-likeness (QED) is 0.308. The Morgan fingerprint density at radius 2 is 2.00 bits per heavy atom. The summed E-state index contributed by atoms with van der Waals surface area (Å²) in [6.45, 7) is 10.5. The number of carbonyl (C=O) groups is 1. The van der Waals surface area contributed by atoms with Crippen molar-refractivity contribution in [2.45, 2.75) is 65.0 Å². The minimum Gasteiger partial charge on any atom is -0.469 e. The number of unbranched alkanes of at least 4 members (excludes halogenated alkanes) is 1. The molecule has 0 unspecified atom stereocenters. The van der Waals surface area contributed by atoms with Crippen LogP contribution in [0, 0.1) is 0 Å². The summed E-state index contributed by atoms with van der Waals surface area (Å²) >= 11 is 0. The fraction of sp³-hybridized carbons (Fsp3) is 0.882. The molecule has 134 valence electrons. The summed E-state index contributed by atoms with van der Waals surface area (Å²) in [5, 5.41) is 6.86. The van der Waals surface area contributed by atoms with Crippen LogP contribution < -0.4 is 10.6 Å². The highest BCUT2D eigenvalue weighted by atomic mass is 16.5. The zero-order valence-corrected chi connectivity index (χ0v) is 15.2. The van der Waals surface area contributed by atoms with Crippen molar-refractivity contribution in [2.75, 3.05) is 33.3 Å². The van der Waals surface area contributed by atoms with Gasteiger partial charge >= 0.3 is 5.97 Å². The van der Waals surface area contributed by atoms with Crippen LogP contribution in [0.5, 0.6) is 0 Å². The highest BCUT2D eigenvalue weighted by molar-refractivity contribution is 5.80. The maximum absolute atomic E-state index is 11.1. The van der Waals surface area contributed by atoms with Gasteiger partial charge in [-0.15, -0.1) is 0 Å². The number of aliphatic imine (C=N–C) groups is 1. The van der Waals surface area contributed by atoms with Crippen LogP contribution in [0.15, 0.2) is 4.99 Å². The van der Waals surface area contributed by atoms with Gasteiger partial charge in [0.05, 0.1) is 7.11 Å². The Kier molecular flexibility index (Phi) is 9.67. The van der Waals surface area contributed by atoms with E-state index < -0.39 is 0 Å². The predicted octanol–water partition coefficient (Wildman–Crippen LogP) is 1.76. The lowest BCUT2D eigenvalue weighted by molar-refractivity contribution is -0.140. The van der Waals surface area contributed by atoms with Crippen molar-refractivity contribution in [3.8, 4) is 0 Å². The minimum atomic E-state index is -0.143. The van der Waals surface area contributed by atoms with Gasteiger partial charge in [0.15, 0.2) is 5.96 Å². The van der Waals surface area contributed by atoms with Crippen molar-refractivity contribution in [1.29, 1.82) is 0 Å². The second-order valence-electron chi connectivity index (χ2n) is 6.34. The van der Waals surface area contributed by atoms with Crippen molar-refractivity contribution < 1.29 is 9.53 Å². The van der Waals surface area contributed by atoms with E-state index in [1.807, 2.05) is 0 Å². The van der Waals surface area contributed by atoms with Gasteiger partial charge in [-0.25, -0.2) is 0 Å². The molecule has 1 heterocycles. The topological polar surface area (TPSA) is 66.0 Å². The smallest absolute Gasteiger partial charge is 0.305 e. The van der Waals surface area contributed by atoms with Gasteiger partial charge in [-0.2, -0.15) is 0 Å². The maximum atomic E-state index is 11.1. The van der Waals surface area contributed by atoms with Crippen molar-refractivity contribution in [3.05, 3.63) is 0 Å². The van der Waals surface area contributed by atoms with Gasteiger partial charge in [-0.05, 0) is 46.5 Å². The molecule has 0 spiro atoms. The molecule has 1 rings (SSSR count). The summed E-state index contributed by atoms with van der Waals surface area (Å²) < 4.78 is 4.64. The van der Waals surface area contributed by atoms with Crippen LogP contribution in [0.25, 0.3) is 0 Å². The van der Waals surface area contributed by atoms with E-state index in [-0.39, 0.29) is 5.97 Å². The van der Waals surface area contributed by atoms with Crippen molar-refractivity contribution in [2.24, 2.45) is 4.99 Å². The Morgan fingerprint density at radius 1 is 1.30 bits per heavy atom. The average molecular weight is 326 g/mol. The van der Waals surface area contributed by atoms with Crippen molar-refractivity contribution >= 4 is 11.9 Å². The Labute approximate surface area is 141 Å². The number of carbonyl (C=O) groups excluding carboxylic acids is 1. The van der Waals surface area contributed by atoms with Gasteiger partial charge < -0.3 is 20.3 Å². The van der Waals surface area contributed by atoms with Crippen molar-refractivity contribution in [3.63, 3.8) is 0 Å². The first kappa shape index (κ1) is 19.7. The Balaban J connectivity index is 2.31. The summed E-state index contributed by atoms with van der Waals surface area (Å²) in [4.78, 5) is 18.2. The van der Waals surface area contributed by atoms with E-state index in [9.17, 15) is 4.79 Å². The third-order valence-corrected chi connectivity index (χ3v) is 4.23. The van der Waals surface area contributed by atoms with Crippen LogP contribution in [0.3, 0.4) is 0 Å². The molecule has 0 bridgehead atoms. The highest BCUT2D eigenvalue weighted by Crippen LogP contribution is 2.12. The molecule has 6 nitrogen and oxygen atoms in total. The molecule has 0 radical (unpaired) electrons. The number of likely N-dealkylation sites (tertiary alicyclic amines) is 1. The first-order chi connectivity index (χ1) is 11.1. The second kappa shape index (κ2) is 11.3. The highest BCUT2D eigenvalue weighted by Gasteiger charge is 2.21. The summed E-state index contributed by atoms with van der Waals surface area (Å²) in [6, 6.07) is 1.13. The Hall–Kier alpha value is -1.30. The van der Waals surface area contributed by atoms with Gasteiger partial charge in [0.25, 0.3) is 0 Å². The average Bonchev–Trinajstić information content (AvgIpc) is 2.54. The molecule has 23 heavy (non-hydrogen) atoms. The molecule has 6 heteroatoms. The monoisotopic (exact) mass is 326 g/mol. The minimum absolute atomic E-state index is 0.143. The molecular weight excluding hydrogens is 292 g/mol. The van der Waals surface area contributed by atoms with Crippen LogP contribution in [0.2, 0.25) is 0 Å². The van der Waals surface area contributed by atoms with Crippen LogP contribution in [0.4, 0.5) is 0 Å². The maximum Gasteiger partial charge on any atom is 0.305 e. The van der Waals surface area contributed by atoms with E-state index in [2.05, 4.69) is 46.0 Å². The van der Waals surface area contributed by atoms with E-state index in [0.29, 0.717) is 18.5 Å². The molecule has 1 saturated heterocycles. The number of hydrogen-bond acceptors (Lipinski definition) is 4. The SMILES string of the molecule is CCNC(=NCCCCC(=O)OC)NC1CCN(C(C)C)CC1. The largest absolute Gasteiger partial charge is 0.469 e. The van der Waals surface area contributed by atoms with Gasteiger partial charge in [0.2, 0.25) is 0 Å². The number of rotatable bonds is 8. The summed E-state index contributed by atoms with van der Waals surface area (Å²) in [6.07, 6.45) is 4.51. The van der Waals surface area contributed by atoms with Crippen LogP contribution in [-0.2, 0) is 9.53 Å². The standard InChI is InChI=1S/C17H34N4O2/c1-5-18-17(19-11-7-6-8-16(22)23-4)20-15-9-12-21(13-10-15)14(2)3/h14-15H,5-13H2,1-4H3,(H2,18,19,20). The summed E-state index contributed by atoms with van der Waals surface area (Å²) in [5.41, 5.74) is 0. The first-order valence-electron chi connectivity index (χ1n) is 8.92. The number of methoxy groups -OCH3 is 1.